The third-order valence-corrected chi connectivity index (χ3v) is 5.96. The molecule has 1 N–H and O–H groups in total. The summed E-state index contributed by atoms with van der Waals surface area (Å²) in [6.07, 6.45) is 4.35. The fourth-order valence-corrected chi connectivity index (χ4v) is 4.48. The van der Waals surface area contributed by atoms with Crippen LogP contribution in [-0.2, 0) is 6.54 Å². The topological polar surface area (TPSA) is 75.4 Å². The number of nitrogens with one attached hydrogen (secondary N) is 1. The van der Waals surface area contributed by atoms with E-state index >= 15 is 0 Å². The molecular formula is C23H24N6O. The van der Waals surface area contributed by atoms with Gasteiger partial charge >= 0.3 is 6.03 Å². The molecule has 1 aliphatic rings. The van der Waals surface area contributed by atoms with Crippen LogP contribution in [0.4, 0.5) is 10.5 Å². The Labute approximate surface area is 174 Å². The Hall–Kier alpha value is -3.48. The highest BCUT2D eigenvalue weighted by atomic mass is 16.2. The molecule has 1 aliphatic carbocycles. The highest BCUT2D eigenvalue weighted by molar-refractivity contribution is 5.90. The van der Waals surface area contributed by atoms with E-state index in [-0.39, 0.29) is 12.1 Å². The summed E-state index contributed by atoms with van der Waals surface area (Å²) in [4.78, 5) is 15.2. The van der Waals surface area contributed by atoms with E-state index in [4.69, 9.17) is 0 Å². The summed E-state index contributed by atoms with van der Waals surface area (Å²) in [6, 6.07) is 18.0. The number of para-hydroxylation sites is 2. The molecule has 1 saturated carbocycles. The highest BCUT2D eigenvalue weighted by Crippen LogP contribution is 2.28. The third-order valence-electron chi connectivity index (χ3n) is 5.96. The van der Waals surface area contributed by atoms with Gasteiger partial charge in [0, 0.05) is 22.7 Å². The summed E-state index contributed by atoms with van der Waals surface area (Å²) in [6.45, 7) is 2.53. The van der Waals surface area contributed by atoms with Crippen LogP contribution < -0.4 is 5.32 Å². The molecule has 5 rings (SSSR count). The second-order valence-electron chi connectivity index (χ2n) is 7.96. The van der Waals surface area contributed by atoms with Crippen LogP contribution in [0.2, 0.25) is 0 Å². The van der Waals surface area contributed by atoms with Crippen molar-refractivity contribution in [2.24, 2.45) is 0 Å². The Kier molecular flexibility index (Phi) is 4.78. The lowest BCUT2D eigenvalue weighted by atomic mass is 10.1. The Morgan fingerprint density at radius 1 is 1.13 bits per heavy atom. The van der Waals surface area contributed by atoms with E-state index in [1.165, 1.54) is 0 Å². The Bertz CT molecular complexity index is 1200. The molecule has 2 aromatic carbocycles. The van der Waals surface area contributed by atoms with Gasteiger partial charge in [-0.15, -0.1) is 5.10 Å². The van der Waals surface area contributed by atoms with Crippen LogP contribution in [0.5, 0.6) is 0 Å². The number of aromatic nitrogens is 4. The van der Waals surface area contributed by atoms with E-state index in [2.05, 4.69) is 46.0 Å². The van der Waals surface area contributed by atoms with Gasteiger partial charge in [-0.2, -0.15) is 4.52 Å². The van der Waals surface area contributed by atoms with E-state index < -0.39 is 0 Å². The first kappa shape index (κ1) is 18.5. The number of hydrogen-bond acceptors (Lipinski definition) is 4. The fraction of sp³-hybridized carbons (Fsp3) is 0.304. The number of urea groups is 1. The monoisotopic (exact) mass is 400 g/mol. The molecular weight excluding hydrogens is 376 g/mol. The lowest BCUT2D eigenvalue weighted by Crippen LogP contribution is -2.41. The number of aryl methyl sites for hydroxylation is 1. The first-order valence-electron chi connectivity index (χ1n) is 10.4. The van der Waals surface area contributed by atoms with Crippen LogP contribution in [0.1, 0.15) is 36.8 Å². The van der Waals surface area contributed by atoms with Gasteiger partial charge in [-0.25, -0.2) is 4.79 Å². The van der Waals surface area contributed by atoms with Crippen molar-refractivity contribution in [3.63, 3.8) is 0 Å². The number of rotatable bonds is 4. The van der Waals surface area contributed by atoms with Crippen molar-refractivity contribution in [2.75, 3.05) is 5.32 Å². The van der Waals surface area contributed by atoms with Crippen LogP contribution in [0.15, 0.2) is 54.6 Å². The summed E-state index contributed by atoms with van der Waals surface area (Å²) in [5.41, 5.74) is 4.57. The van der Waals surface area contributed by atoms with Crippen LogP contribution in [-0.4, -0.2) is 37.0 Å². The van der Waals surface area contributed by atoms with Gasteiger partial charge in [0.1, 0.15) is 0 Å². The number of amides is 2. The summed E-state index contributed by atoms with van der Waals surface area (Å²) in [5, 5.41) is 16.5. The number of pyridine rings is 1. The van der Waals surface area contributed by atoms with Gasteiger partial charge in [0.2, 0.25) is 0 Å². The van der Waals surface area contributed by atoms with Crippen molar-refractivity contribution >= 4 is 28.3 Å². The average Bonchev–Trinajstić information content (AvgIpc) is 3.45. The first-order valence-corrected chi connectivity index (χ1v) is 10.4. The minimum atomic E-state index is -0.0805. The van der Waals surface area contributed by atoms with Gasteiger partial charge in [-0.1, -0.05) is 49.2 Å². The number of benzene rings is 2. The molecule has 7 nitrogen and oxygen atoms in total. The van der Waals surface area contributed by atoms with Crippen LogP contribution in [0, 0.1) is 6.92 Å². The standard InChI is InChI=1S/C23H24N6O/c1-16-8-7-9-17-14-18(22-25-26-27-29(22)21(16)17)15-28(20-12-5-6-13-20)23(30)24-19-10-3-2-4-11-19/h2-4,7-11,14,20H,5-6,12-13,15H2,1H3,(H,24,30). The van der Waals surface area contributed by atoms with Crippen LogP contribution >= 0.6 is 0 Å². The van der Waals surface area contributed by atoms with Crippen molar-refractivity contribution in [1.82, 2.24) is 24.9 Å². The maximum absolute atomic E-state index is 13.3. The van der Waals surface area contributed by atoms with Crippen molar-refractivity contribution < 1.29 is 4.79 Å². The molecule has 0 bridgehead atoms. The number of anilines is 1. The molecule has 1 fully saturated rings. The Morgan fingerprint density at radius 3 is 2.73 bits per heavy atom. The number of hydrogen-bond donors (Lipinski definition) is 1. The molecule has 2 aromatic heterocycles. The van der Waals surface area contributed by atoms with Gasteiger partial charge in [0.15, 0.2) is 5.65 Å². The Morgan fingerprint density at radius 2 is 1.93 bits per heavy atom. The Balaban J connectivity index is 1.53. The van der Waals surface area contributed by atoms with Gasteiger partial charge in [-0.05, 0) is 54.0 Å². The number of carbonyl (C=O) groups is 1. The predicted molar refractivity (Wildman–Crippen MR) is 116 cm³/mol. The summed E-state index contributed by atoms with van der Waals surface area (Å²) in [7, 11) is 0. The summed E-state index contributed by atoms with van der Waals surface area (Å²) >= 11 is 0. The van der Waals surface area contributed by atoms with Crippen molar-refractivity contribution in [3.05, 3.63) is 65.7 Å². The minimum Gasteiger partial charge on any atom is -0.317 e. The molecule has 0 aliphatic heterocycles. The quantitative estimate of drug-likeness (QED) is 0.545. The van der Waals surface area contributed by atoms with Gasteiger partial charge < -0.3 is 10.2 Å². The summed E-state index contributed by atoms with van der Waals surface area (Å²) < 4.78 is 1.79. The van der Waals surface area contributed by atoms with Crippen molar-refractivity contribution in [1.29, 1.82) is 0 Å². The molecule has 0 saturated heterocycles. The maximum atomic E-state index is 13.3. The normalized spacial score (nSPS) is 14.4. The van der Waals surface area contributed by atoms with Gasteiger partial charge in [0.05, 0.1) is 12.1 Å². The zero-order valence-electron chi connectivity index (χ0n) is 17.0. The van der Waals surface area contributed by atoms with E-state index in [1.54, 1.807) is 4.52 Å². The average molecular weight is 400 g/mol. The second-order valence-corrected chi connectivity index (χ2v) is 7.96. The number of tetrazole rings is 1. The first-order chi connectivity index (χ1) is 14.7. The minimum absolute atomic E-state index is 0.0805. The lowest BCUT2D eigenvalue weighted by Gasteiger charge is -2.29. The maximum Gasteiger partial charge on any atom is 0.322 e. The molecule has 0 unspecified atom stereocenters. The van der Waals surface area contributed by atoms with Crippen molar-refractivity contribution in [3.8, 4) is 0 Å². The summed E-state index contributed by atoms with van der Waals surface area (Å²) in [5.74, 6) is 0. The highest BCUT2D eigenvalue weighted by Gasteiger charge is 2.28. The lowest BCUT2D eigenvalue weighted by molar-refractivity contribution is 0.185. The van der Waals surface area contributed by atoms with Crippen LogP contribution in [0.25, 0.3) is 16.6 Å². The molecule has 0 radical (unpaired) electrons. The van der Waals surface area contributed by atoms with E-state index in [9.17, 15) is 4.79 Å². The van der Waals surface area contributed by atoms with E-state index in [0.717, 1.165) is 53.4 Å². The molecule has 152 valence electrons. The number of carbonyl (C=O) groups excluding carboxylic acids is 1. The predicted octanol–water partition coefficient (Wildman–Crippen LogP) is 4.56. The van der Waals surface area contributed by atoms with Gasteiger partial charge in [-0.3, -0.25) is 0 Å². The molecule has 2 amide bonds. The SMILES string of the molecule is Cc1cccc2cc(CN(C(=O)Nc3ccccc3)C3CCCC3)c3nnnn3c12. The molecule has 2 heterocycles. The zero-order chi connectivity index (χ0) is 20.5. The van der Waals surface area contributed by atoms with Gasteiger partial charge in [0.25, 0.3) is 0 Å². The zero-order valence-corrected chi connectivity index (χ0v) is 17.0. The molecule has 30 heavy (non-hydrogen) atoms. The third kappa shape index (κ3) is 3.36. The number of fused-ring (bicyclic) bond motifs is 3. The molecule has 0 atom stereocenters. The van der Waals surface area contributed by atoms with E-state index in [0.29, 0.717) is 12.2 Å². The molecule has 7 heteroatoms. The molecule has 0 spiro atoms. The smallest absolute Gasteiger partial charge is 0.317 e. The second kappa shape index (κ2) is 7.74. The fourth-order valence-electron chi connectivity index (χ4n) is 4.48. The number of nitrogens with zero attached hydrogens (tertiary/aromatic N) is 5. The van der Waals surface area contributed by atoms with Crippen LogP contribution in [0.3, 0.4) is 0 Å². The molecule has 4 aromatic rings. The van der Waals surface area contributed by atoms with Crippen molar-refractivity contribution in [2.45, 2.75) is 45.2 Å². The van der Waals surface area contributed by atoms with E-state index in [1.807, 2.05) is 41.3 Å². The largest absolute Gasteiger partial charge is 0.322 e.